The number of likely N-dealkylation sites (N-methyl/N-ethyl adjacent to an activating group) is 1. The van der Waals surface area contributed by atoms with Gasteiger partial charge in [0.25, 0.3) is 5.91 Å². The van der Waals surface area contributed by atoms with Crippen molar-refractivity contribution < 1.29 is 4.79 Å². The second kappa shape index (κ2) is 8.85. The Morgan fingerprint density at radius 1 is 1.16 bits per heavy atom. The van der Waals surface area contributed by atoms with Gasteiger partial charge in [0.2, 0.25) is 11.1 Å². The quantitative estimate of drug-likeness (QED) is 0.577. The van der Waals surface area contributed by atoms with Crippen LogP contribution in [0.4, 0.5) is 11.6 Å². The van der Waals surface area contributed by atoms with Crippen molar-refractivity contribution in [3.8, 4) is 0 Å². The number of aromatic nitrogens is 3. The third kappa shape index (κ3) is 4.29. The molecule has 2 N–H and O–H groups in total. The third-order valence-corrected chi connectivity index (χ3v) is 6.15. The molecule has 1 unspecified atom stereocenters. The van der Waals surface area contributed by atoms with Crippen molar-refractivity contribution in [3.05, 3.63) is 77.0 Å². The maximum atomic E-state index is 12.8. The standard InChI is InChI=1S/C23H26N6OS/c1-15-19(21(30)24-2)20(17-10-12-18(13-11-17)28(3)4)29-22(25-15)26-23(27-29)31-14-16-8-6-5-7-9-16/h5-13,20H,14H2,1-4H3,(H,24,30)(H,25,26,27). The molecule has 1 aliphatic heterocycles. The number of thioether (sulfide) groups is 1. The van der Waals surface area contributed by atoms with E-state index in [-0.39, 0.29) is 11.9 Å². The van der Waals surface area contributed by atoms with Gasteiger partial charge in [0, 0.05) is 38.3 Å². The van der Waals surface area contributed by atoms with Gasteiger partial charge in [-0.05, 0) is 30.2 Å². The van der Waals surface area contributed by atoms with Crippen molar-refractivity contribution in [2.45, 2.75) is 23.9 Å². The van der Waals surface area contributed by atoms with Gasteiger partial charge in [-0.2, -0.15) is 4.98 Å². The van der Waals surface area contributed by atoms with Crippen molar-refractivity contribution in [2.24, 2.45) is 0 Å². The normalized spacial score (nSPS) is 15.3. The number of nitrogens with zero attached hydrogens (tertiary/aromatic N) is 4. The number of benzene rings is 2. The molecule has 1 atom stereocenters. The summed E-state index contributed by atoms with van der Waals surface area (Å²) in [5.74, 6) is 1.29. The highest BCUT2D eigenvalue weighted by Gasteiger charge is 2.33. The number of carbonyl (C=O) groups excluding carboxylic acids is 1. The number of hydrogen-bond donors (Lipinski definition) is 2. The summed E-state index contributed by atoms with van der Waals surface area (Å²) in [4.78, 5) is 19.5. The van der Waals surface area contributed by atoms with E-state index < -0.39 is 0 Å². The first-order chi connectivity index (χ1) is 15.0. The van der Waals surface area contributed by atoms with Crippen LogP contribution in [0.1, 0.15) is 24.1 Å². The van der Waals surface area contributed by atoms with Crippen molar-refractivity contribution in [3.63, 3.8) is 0 Å². The summed E-state index contributed by atoms with van der Waals surface area (Å²) in [6, 6.07) is 18.1. The zero-order valence-electron chi connectivity index (χ0n) is 18.1. The number of hydrogen-bond acceptors (Lipinski definition) is 6. The van der Waals surface area contributed by atoms with Gasteiger partial charge in [-0.25, -0.2) is 4.68 Å². The fourth-order valence-corrected chi connectivity index (χ4v) is 4.39. The van der Waals surface area contributed by atoms with Crippen LogP contribution in [0.2, 0.25) is 0 Å². The van der Waals surface area contributed by atoms with Crippen molar-refractivity contribution >= 4 is 29.3 Å². The zero-order chi connectivity index (χ0) is 22.0. The molecule has 0 radical (unpaired) electrons. The molecule has 0 saturated heterocycles. The summed E-state index contributed by atoms with van der Waals surface area (Å²) in [5, 5.41) is 11.5. The minimum absolute atomic E-state index is 0.133. The Morgan fingerprint density at radius 2 is 1.87 bits per heavy atom. The first-order valence-corrected chi connectivity index (χ1v) is 11.1. The van der Waals surface area contributed by atoms with Crippen LogP contribution in [-0.4, -0.2) is 41.8 Å². The number of nitrogens with one attached hydrogen (secondary N) is 2. The van der Waals surface area contributed by atoms with Gasteiger partial charge in [-0.1, -0.05) is 54.2 Å². The van der Waals surface area contributed by atoms with Crippen LogP contribution >= 0.6 is 11.8 Å². The molecule has 0 bridgehead atoms. The fraction of sp³-hybridized carbons (Fsp3) is 0.261. The monoisotopic (exact) mass is 434 g/mol. The van der Waals surface area contributed by atoms with Gasteiger partial charge in [-0.15, -0.1) is 5.10 Å². The molecule has 31 heavy (non-hydrogen) atoms. The summed E-state index contributed by atoms with van der Waals surface area (Å²) in [6.45, 7) is 1.90. The second-order valence-corrected chi connectivity index (χ2v) is 8.51. The fourth-order valence-electron chi connectivity index (χ4n) is 3.61. The smallest absolute Gasteiger partial charge is 0.251 e. The van der Waals surface area contributed by atoms with Crippen molar-refractivity contribution in [2.75, 3.05) is 31.4 Å². The molecule has 2 heterocycles. The highest BCUT2D eigenvalue weighted by Crippen LogP contribution is 2.37. The topological polar surface area (TPSA) is 75.1 Å². The molecule has 0 saturated carbocycles. The van der Waals surface area contributed by atoms with Crippen LogP contribution in [0.3, 0.4) is 0 Å². The van der Waals surface area contributed by atoms with Gasteiger partial charge in [0.15, 0.2) is 0 Å². The maximum Gasteiger partial charge on any atom is 0.251 e. The van der Waals surface area contributed by atoms with Crippen LogP contribution < -0.4 is 15.5 Å². The molecule has 8 heteroatoms. The summed E-state index contributed by atoms with van der Waals surface area (Å²) in [6.07, 6.45) is 0. The lowest BCUT2D eigenvalue weighted by Crippen LogP contribution is -2.33. The molecule has 7 nitrogen and oxygen atoms in total. The molecule has 0 spiro atoms. The lowest BCUT2D eigenvalue weighted by atomic mass is 9.95. The number of amides is 1. The van der Waals surface area contributed by atoms with E-state index in [0.29, 0.717) is 16.7 Å². The molecule has 0 fully saturated rings. The van der Waals surface area contributed by atoms with E-state index in [1.54, 1.807) is 18.8 Å². The van der Waals surface area contributed by atoms with E-state index in [9.17, 15) is 4.79 Å². The van der Waals surface area contributed by atoms with Crippen LogP contribution in [0.15, 0.2) is 71.0 Å². The molecule has 4 rings (SSSR count). The molecule has 0 aliphatic carbocycles. The number of fused-ring (bicyclic) bond motifs is 1. The summed E-state index contributed by atoms with van der Waals surface area (Å²) >= 11 is 1.58. The Morgan fingerprint density at radius 3 is 2.52 bits per heavy atom. The lowest BCUT2D eigenvalue weighted by Gasteiger charge is -2.28. The van der Waals surface area contributed by atoms with E-state index in [1.807, 2.05) is 60.9 Å². The SMILES string of the molecule is CNC(=O)C1=C(C)Nc2nc(SCc3ccccc3)nn2C1c1ccc(N(C)C)cc1. The Balaban J connectivity index is 1.70. The van der Waals surface area contributed by atoms with Crippen LogP contribution in [0.5, 0.6) is 0 Å². The molecular formula is C23H26N6OS. The number of allylic oxidation sites excluding steroid dienone is 1. The van der Waals surface area contributed by atoms with Gasteiger partial charge >= 0.3 is 0 Å². The van der Waals surface area contributed by atoms with Gasteiger partial charge in [0.05, 0.1) is 5.57 Å². The van der Waals surface area contributed by atoms with Gasteiger partial charge < -0.3 is 15.5 Å². The van der Waals surface area contributed by atoms with Crippen LogP contribution in [0.25, 0.3) is 0 Å². The number of rotatable bonds is 6. The van der Waals surface area contributed by atoms with E-state index in [1.165, 1.54) is 5.56 Å². The predicted octanol–water partition coefficient (Wildman–Crippen LogP) is 3.67. The van der Waals surface area contributed by atoms with E-state index in [0.717, 1.165) is 22.7 Å². The predicted molar refractivity (Wildman–Crippen MR) is 125 cm³/mol. The average Bonchev–Trinajstić information content (AvgIpc) is 3.19. The summed E-state index contributed by atoms with van der Waals surface area (Å²) in [7, 11) is 5.66. The highest BCUT2D eigenvalue weighted by atomic mass is 32.2. The Hall–Kier alpha value is -3.26. The Labute approximate surface area is 186 Å². The van der Waals surface area contributed by atoms with Gasteiger partial charge in [0.1, 0.15) is 6.04 Å². The number of anilines is 2. The molecule has 3 aromatic rings. The molecular weight excluding hydrogens is 408 g/mol. The highest BCUT2D eigenvalue weighted by molar-refractivity contribution is 7.98. The average molecular weight is 435 g/mol. The summed E-state index contributed by atoms with van der Waals surface area (Å²) in [5.41, 5.74) is 4.70. The minimum Gasteiger partial charge on any atom is -0.378 e. The minimum atomic E-state index is -0.356. The molecule has 1 aromatic heterocycles. The molecule has 1 aliphatic rings. The van der Waals surface area contributed by atoms with E-state index >= 15 is 0 Å². The molecule has 2 aromatic carbocycles. The first-order valence-electron chi connectivity index (χ1n) is 10.1. The van der Waals surface area contributed by atoms with Crippen molar-refractivity contribution in [1.29, 1.82) is 0 Å². The first kappa shape index (κ1) is 21.0. The molecule has 1 amide bonds. The Bertz CT molecular complexity index is 1100. The van der Waals surface area contributed by atoms with Crippen LogP contribution in [0, 0.1) is 0 Å². The largest absolute Gasteiger partial charge is 0.378 e. The Kier molecular flexibility index (Phi) is 5.99. The van der Waals surface area contributed by atoms with E-state index in [4.69, 9.17) is 5.10 Å². The third-order valence-electron chi connectivity index (χ3n) is 5.24. The number of carbonyl (C=O) groups is 1. The van der Waals surface area contributed by atoms with E-state index in [2.05, 4.69) is 39.9 Å². The summed E-state index contributed by atoms with van der Waals surface area (Å²) < 4.78 is 1.82. The molecule has 160 valence electrons. The lowest BCUT2D eigenvalue weighted by molar-refractivity contribution is -0.117. The zero-order valence-corrected chi connectivity index (χ0v) is 18.9. The van der Waals surface area contributed by atoms with Crippen LogP contribution in [-0.2, 0) is 10.5 Å². The van der Waals surface area contributed by atoms with Crippen molar-refractivity contribution in [1.82, 2.24) is 20.1 Å². The maximum absolute atomic E-state index is 12.8. The van der Waals surface area contributed by atoms with Gasteiger partial charge in [-0.3, -0.25) is 4.79 Å². The second-order valence-electron chi connectivity index (χ2n) is 7.57.